The van der Waals surface area contributed by atoms with E-state index in [0.29, 0.717) is 18.5 Å². The van der Waals surface area contributed by atoms with Crippen molar-refractivity contribution in [3.63, 3.8) is 0 Å². The quantitative estimate of drug-likeness (QED) is 0.783. The largest absolute Gasteiger partial charge is 0.339 e. The molecule has 1 amide bonds. The molecule has 2 aliphatic rings. The molecule has 0 aromatic heterocycles. The minimum absolute atomic E-state index is 0.0981. The topological polar surface area (TPSA) is 46.3 Å². The lowest BCUT2D eigenvalue weighted by atomic mass is 9.74. The third kappa shape index (κ3) is 4.45. The van der Waals surface area contributed by atoms with E-state index < -0.39 is 0 Å². The summed E-state index contributed by atoms with van der Waals surface area (Å²) in [6.07, 6.45) is 14.5. The summed E-state index contributed by atoms with van der Waals surface area (Å²) in [5, 5.41) is 0. The normalized spacial score (nSPS) is 23.5. The molecule has 0 bridgehead atoms. The summed E-state index contributed by atoms with van der Waals surface area (Å²) < 4.78 is 0. The summed E-state index contributed by atoms with van der Waals surface area (Å²) >= 11 is 0. The van der Waals surface area contributed by atoms with E-state index in [4.69, 9.17) is 5.73 Å². The van der Waals surface area contributed by atoms with Crippen LogP contribution in [0, 0.1) is 5.41 Å². The second-order valence-electron chi connectivity index (χ2n) is 7.41. The van der Waals surface area contributed by atoms with Gasteiger partial charge in [-0.05, 0) is 38.6 Å². The zero-order chi connectivity index (χ0) is 15.1. The molecule has 0 heterocycles. The van der Waals surface area contributed by atoms with Crippen molar-refractivity contribution in [3.8, 4) is 0 Å². The summed E-state index contributed by atoms with van der Waals surface area (Å²) in [7, 11) is 0. The van der Waals surface area contributed by atoms with Gasteiger partial charge in [0, 0.05) is 18.0 Å². The maximum absolute atomic E-state index is 13.2. The van der Waals surface area contributed by atoms with Gasteiger partial charge in [0.15, 0.2) is 0 Å². The predicted octanol–water partition coefficient (Wildman–Crippen LogP) is 3.86. The molecule has 122 valence electrons. The van der Waals surface area contributed by atoms with Crippen LogP contribution in [0.1, 0.15) is 84.0 Å². The average Bonchev–Trinajstić information content (AvgIpc) is 2.77. The van der Waals surface area contributed by atoms with Crippen molar-refractivity contribution in [2.45, 2.75) is 90.0 Å². The standard InChI is InChI=1S/C18H34N2O/c1-18(12-7-4-8-13-18)17(21)20(15-9-14-19)16-10-5-2-3-6-11-16/h16H,2-15,19H2,1H3. The molecule has 2 aliphatic carbocycles. The number of amides is 1. The fourth-order valence-electron chi connectivity index (χ4n) is 4.17. The molecule has 2 saturated carbocycles. The number of nitrogens with two attached hydrogens (primary N) is 1. The Morgan fingerprint density at radius 1 is 1.05 bits per heavy atom. The van der Waals surface area contributed by atoms with E-state index in [2.05, 4.69) is 11.8 Å². The van der Waals surface area contributed by atoms with Gasteiger partial charge in [-0.2, -0.15) is 0 Å². The molecule has 0 saturated heterocycles. The van der Waals surface area contributed by atoms with Gasteiger partial charge in [-0.15, -0.1) is 0 Å². The van der Waals surface area contributed by atoms with Gasteiger partial charge in [-0.3, -0.25) is 4.79 Å². The second-order valence-corrected chi connectivity index (χ2v) is 7.41. The molecule has 21 heavy (non-hydrogen) atoms. The van der Waals surface area contributed by atoms with Crippen molar-refractivity contribution >= 4 is 5.91 Å². The smallest absolute Gasteiger partial charge is 0.228 e. The Balaban J connectivity index is 2.07. The first-order valence-electron chi connectivity index (χ1n) is 9.18. The minimum atomic E-state index is -0.0981. The highest BCUT2D eigenvalue weighted by Gasteiger charge is 2.39. The van der Waals surface area contributed by atoms with E-state index in [1.165, 1.54) is 57.8 Å². The molecule has 0 atom stereocenters. The van der Waals surface area contributed by atoms with Gasteiger partial charge >= 0.3 is 0 Å². The maximum atomic E-state index is 13.2. The fraction of sp³-hybridized carbons (Fsp3) is 0.944. The van der Waals surface area contributed by atoms with E-state index >= 15 is 0 Å². The van der Waals surface area contributed by atoms with Crippen molar-refractivity contribution < 1.29 is 4.79 Å². The summed E-state index contributed by atoms with van der Waals surface area (Å²) in [5.41, 5.74) is 5.61. The molecular weight excluding hydrogens is 260 g/mol. The second kappa shape index (κ2) is 8.17. The third-order valence-electron chi connectivity index (χ3n) is 5.60. The van der Waals surface area contributed by atoms with E-state index in [1.54, 1.807) is 0 Å². The van der Waals surface area contributed by atoms with Crippen LogP contribution in [0.4, 0.5) is 0 Å². The first kappa shape index (κ1) is 16.8. The Hall–Kier alpha value is -0.570. The number of nitrogens with zero attached hydrogens (tertiary/aromatic N) is 1. The highest BCUT2D eigenvalue weighted by Crippen LogP contribution is 2.38. The molecule has 0 aliphatic heterocycles. The van der Waals surface area contributed by atoms with Crippen molar-refractivity contribution in [1.82, 2.24) is 4.90 Å². The molecule has 0 aromatic carbocycles. The molecule has 2 N–H and O–H groups in total. The SMILES string of the molecule is CC1(C(=O)N(CCCN)C2CCCCCC2)CCCCC1. The third-order valence-corrected chi connectivity index (χ3v) is 5.60. The fourth-order valence-corrected chi connectivity index (χ4v) is 4.17. The zero-order valence-corrected chi connectivity index (χ0v) is 13.9. The van der Waals surface area contributed by atoms with Crippen LogP contribution in [0.15, 0.2) is 0 Å². The van der Waals surface area contributed by atoms with Crippen molar-refractivity contribution in [1.29, 1.82) is 0 Å². The summed E-state index contributed by atoms with van der Waals surface area (Å²) in [5.74, 6) is 0.433. The molecule has 0 radical (unpaired) electrons. The number of hydrogen-bond donors (Lipinski definition) is 1. The first-order valence-corrected chi connectivity index (χ1v) is 9.18. The number of carbonyl (C=O) groups excluding carboxylic acids is 1. The van der Waals surface area contributed by atoms with Crippen LogP contribution >= 0.6 is 0 Å². The lowest BCUT2D eigenvalue weighted by Gasteiger charge is -2.41. The Morgan fingerprint density at radius 2 is 1.62 bits per heavy atom. The molecule has 3 heteroatoms. The molecule has 3 nitrogen and oxygen atoms in total. The maximum Gasteiger partial charge on any atom is 0.228 e. The highest BCUT2D eigenvalue weighted by atomic mass is 16.2. The van der Waals surface area contributed by atoms with Gasteiger partial charge in [0.2, 0.25) is 5.91 Å². The van der Waals surface area contributed by atoms with Gasteiger partial charge in [-0.1, -0.05) is 51.9 Å². The van der Waals surface area contributed by atoms with Gasteiger partial charge in [-0.25, -0.2) is 0 Å². The van der Waals surface area contributed by atoms with Crippen LogP contribution in [0.5, 0.6) is 0 Å². The minimum Gasteiger partial charge on any atom is -0.339 e. The van der Waals surface area contributed by atoms with Crippen molar-refractivity contribution in [2.75, 3.05) is 13.1 Å². The van der Waals surface area contributed by atoms with E-state index in [1.807, 2.05) is 0 Å². The summed E-state index contributed by atoms with van der Waals surface area (Å²) in [6.45, 7) is 3.77. The lowest BCUT2D eigenvalue weighted by Crippen LogP contribution is -2.49. The van der Waals surface area contributed by atoms with Crippen LogP contribution in [0.3, 0.4) is 0 Å². The molecular formula is C18H34N2O. The van der Waals surface area contributed by atoms with Gasteiger partial charge < -0.3 is 10.6 Å². The Labute approximate surface area is 130 Å². The lowest BCUT2D eigenvalue weighted by molar-refractivity contribution is -0.146. The number of rotatable bonds is 5. The monoisotopic (exact) mass is 294 g/mol. The highest BCUT2D eigenvalue weighted by molar-refractivity contribution is 5.82. The van der Waals surface area contributed by atoms with Crippen LogP contribution in [-0.2, 0) is 4.79 Å². The molecule has 0 spiro atoms. The van der Waals surface area contributed by atoms with E-state index in [0.717, 1.165) is 25.8 Å². The van der Waals surface area contributed by atoms with E-state index in [-0.39, 0.29) is 5.41 Å². The first-order chi connectivity index (χ1) is 10.2. The zero-order valence-electron chi connectivity index (χ0n) is 13.9. The number of carbonyl (C=O) groups is 1. The van der Waals surface area contributed by atoms with Crippen LogP contribution in [0.25, 0.3) is 0 Å². The van der Waals surface area contributed by atoms with Crippen LogP contribution in [-0.4, -0.2) is 29.9 Å². The Morgan fingerprint density at radius 3 is 2.19 bits per heavy atom. The Bertz CT molecular complexity index is 315. The van der Waals surface area contributed by atoms with Crippen LogP contribution in [0.2, 0.25) is 0 Å². The van der Waals surface area contributed by atoms with Crippen molar-refractivity contribution in [3.05, 3.63) is 0 Å². The predicted molar refractivity (Wildman–Crippen MR) is 88.1 cm³/mol. The molecule has 2 fully saturated rings. The Kier molecular flexibility index (Phi) is 6.53. The van der Waals surface area contributed by atoms with Gasteiger partial charge in [0.05, 0.1) is 0 Å². The molecule has 0 aromatic rings. The van der Waals surface area contributed by atoms with E-state index in [9.17, 15) is 4.79 Å². The number of hydrogen-bond acceptors (Lipinski definition) is 2. The van der Waals surface area contributed by atoms with Gasteiger partial charge in [0.25, 0.3) is 0 Å². The molecule has 2 rings (SSSR count). The summed E-state index contributed by atoms with van der Waals surface area (Å²) in [6, 6.07) is 0.477. The average molecular weight is 294 g/mol. The van der Waals surface area contributed by atoms with Crippen molar-refractivity contribution in [2.24, 2.45) is 11.1 Å². The summed E-state index contributed by atoms with van der Waals surface area (Å²) in [4.78, 5) is 15.5. The van der Waals surface area contributed by atoms with Crippen LogP contribution < -0.4 is 5.73 Å². The molecule has 0 unspecified atom stereocenters. The van der Waals surface area contributed by atoms with Gasteiger partial charge in [0.1, 0.15) is 0 Å².